The number of amides is 1. The second-order valence-corrected chi connectivity index (χ2v) is 8.54. The zero-order valence-electron chi connectivity index (χ0n) is 14.1. The molecule has 0 aliphatic carbocycles. The number of sulfone groups is 1. The van der Waals surface area contributed by atoms with E-state index in [1.807, 2.05) is 23.1 Å². The minimum absolute atomic E-state index is 0.0862. The van der Waals surface area contributed by atoms with Gasteiger partial charge in [0, 0.05) is 30.8 Å². The molecule has 2 aromatic rings. The highest BCUT2D eigenvalue weighted by atomic mass is 32.2. The van der Waals surface area contributed by atoms with Gasteiger partial charge < -0.3 is 10.6 Å². The molecule has 132 valence electrons. The van der Waals surface area contributed by atoms with Gasteiger partial charge in [0.15, 0.2) is 9.84 Å². The van der Waals surface area contributed by atoms with Crippen molar-refractivity contribution in [3.8, 4) is 0 Å². The van der Waals surface area contributed by atoms with Crippen molar-refractivity contribution < 1.29 is 13.2 Å². The maximum Gasteiger partial charge on any atom is 0.253 e. The first kappa shape index (κ1) is 17.6. The van der Waals surface area contributed by atoms with E-state index in [2.05, 4.69) is 12.1 Å². The summed E-state index contributed by atoms with van der Waals surface area (Å²) in [5.41, 5.74) is 7.62. The molecule has 1 fully saturated rings. The van der Waals surface area contributed by atoms with Crippen LogP contribution in [-0.2, 0) is 9.84 Å². The van der Waals surface area contributed by atoms with Crippen LogP contribution in [0.3, 0.4) is 0 Å². The number of rotatable bonds is 4. The molecular weight excluding hydrogens is 336 g/mol. The van der Waals surface area contributed by atoms with Crippen molar-refractivity contribution in [1.29, 1.82) is 0 Å². The molecule has 2 atom stereocenters. The van der Waals surface area contributed by atoms with Crippen LogP contribution in [0, 0.1) is 5.92 Å². The van der Waals surface area contributed by atoms with Crippen molar-refractivity contribution in [1.82, 2.24) is 4.90 Å². The monoisotopic (exact) mass is 358 g/mol. The van der Waals surface area contributed by atoms with Crippen molar-refractivity contribution in [3.05, 3.63) is 65.7 Å². The van der Waals surface area contributed by atoms with Crippen molar-refractivity contribution in [2.24, 2.45) is 11.7 Å². The van der Waals surface area contributed by atoms with E-state index in [0.29, 0.717) is 25.2 Å². The minimum atomic E-state index is -3.26. The average molecular weight is 358 g/mol. The maximum atomic E-state index is 12.8. The first-order valence-corrected chi connectivity index (χ1v) is 10.1. The van der Waals surface area contributed by atoms with Crippen LogP contribution >= 0.6 is 0 Å². The van der Waals surface area contributed by atoms with Gasteiger partial charge in [-0.1, -0.05) is 30.3 Å². The van der Waals surface area contributed by atoms with Crippen LogP contribution in [0.15, 0.2) is 59.5 Å². The molecule has 2 N–H and O–H groups in total. The Morgan fingerprint density at radius 1 is 1.08 bits per heavy atom. The molecule has 0 aromatic heterocycles. The molecule has 0 saturated carbocycles. The summed E-state index contributed by atoms with van der Waals surface area (Å²) in [5.74, 6) is 0.365. The largest absolute Gasteiger partial charge is 0.338 e. The Labute approximate surface area is 148 Å². The number of hydrogen-bond donors (Lipinski definition) is 1. The number of hydrogen-bond acceptors (Lipinski definition) is 4. The Bertz CT molecular complexity index is 848. The summed E-state index contributed by atoms with van der Waals surface area (Å²) in [6, 6.07) is 16.2. The highest BCUT2D eigenvalue weighted by Gasteiger charge is 2.35. The third-order valence-corrected chi connectivity index (χ3v) is 5.92. The average Bonchev–Trinajstić information content (AvgIpc) is 3.05. The van der Waals surface area contributed by atoms with Crippen LogP contribution in [0.5, 0.6) is 0 Å². The molecule has 0 spiro atoms. The summed E-state index contributed by atoms with van der Waals surface area (Å²) in [6.45, 7) is 1.76. The molecule has 1 aliphatic heterocycles. The Morgan fingerprint density at radius 3 is 2.28 bits per heavy atom. The highest BCUT2D eigenvalue weighted by molar-refractivity contribution is 7.90. The molecule has 5 nitrogen and oxygen atoms in total. The first-order chi connectivity index (χ1) is 11.9. The fraction of sp³-hybridized carbons (Fsp3) is 0.316. The van der Waals surface area contributed by atoms with E-state index in [-0.39, 0.29) is 22.6 Å². The van der Waals surface area contributed by atoms with E-state index >= 15 is 0 Å². The number of nitrogens with zero attached hydrogens (tertiary/aromatic N) is 1. The van der Waals surface area contributed by atoms with Gasteiger partial charge in [0.2, 0.25) is 0 Å². The molecule has 1 heterocycles. The predicted octanol–water partition coefficient (Wildman–Crippen LogP) is 1.90. The van der Waals surface area contributed by atoms with Gasteiger partial charge in [-0.25, -0.2) is 8.42 Å². The first-order valence-electron chi connectivity index (χ1n) is 8.24. The van der Waals surface area contributed by atoms with Gasteiger partial charge in [0.1, 0.15) is 0 Å². The van der Waals surface area contributed by atoms with Crippen molar-refractivity contribution in [2.75, 3.05) is 25.9 Å². The third-order valence-electron chi connectivity index (χ3n) is 4.79. The third kappa shape index (κ3) is 3.75. The van der Waals surface area contributed by atoms with Gasteiger partial charge in [-0.2, -0.15) is 0 Å². The van der Waals surface area contributed by atoms with Gasteiger partial charge in [-0.15, -0.1) is 0 Å². The molecule has 0 radical (unpaired) electrons. The van der Waals surface area contributed by atoms with E-state index in [9.17, 15) is 13.2 Å². The zero-order chi connectivity index (χ0) is 18.0. The van der Waals surface area contributed by atoms with Crippen LogP contribution in [0.1, 0.15) is 21.8 Å². The molecule has 1 saturated heterocycles. The number of nitrogens with two attached hydrogens (primary N) is 1. The lowest BCUT2D eigenvalue weighted by atomic mass is 9.89. The number of likely N-dealkylation sites (tertiary alicyclic amines) is 1. The Hall–Kier alpha value is -2.18. The minimum Gasteiger partial charge on any atom is -0.338 e. The fourth-order valence-electron chi connectivity index (χ4n) is 3.38. The SMILES string of the molecule is CS(=O)(=O)c1ccc(C(=O)N2C[C@@H](CN)[C@H](c3ccccc3)C2)cc1. The highest BCUT2D eigenvalue weighted by Crippen LogP contribution is 2.32. The van der Waals surface area contributed by atoms with Gasteiger partial charge in [0.25, 0.3) is 5.91 Å². The molecule has 25 heavy (non-hydrogen) atoms. The number of benzene rings is 2. The van der Waals surface area contributed by atoms with E-state index in [1.54, 1.807) is 12.1 Å². The Balaban J connectivity index is 1.79. The smallest absolute Gasteiger partial charge is 0.253 e. The molecule has 1 aliphatic rings. The maximum absolute atomic E-state index is 12.8. The van der Waals surface area contributed by atoms with Crippen LogP contribution in [0.2, 0.25) is 0 Å². The summed E-state index contributed by atoms with van der Waals surface area (Å²) in [4.78, 5) is 14.8. The van der Waals surface area contributed by atoms with E-state index in [1.165, 1.54) is 17.7 Å². The van der Waals surface area contributed by atoms with Crippen molar-refractivity contribution >= 4 is 15.7 Å². The van der Waals surface area contributed by atoms with Crippen molar-refractivity contribution in [2.45, 2.75) is 10.8 Å². The molecule has 3 rings (SSSR count). The normalized spacial score (nSPS) is 20.6. The molecular formula is C19H22N2O3S. The lowest BCUT2D eigenvalue weighted by molar-refractivity contribution is 0.0786. The summed E-state index contributed by atoms with van der Waals surface area (Å²) >= 11 is 0. The molecule has 6 heteroatoms. The summed E-state index contributed by atoms with van der Waals surface area (Å²) < 4.78 is 23.1. The lowest BCUT2D eigenvalue weighted by Crippen LogP contribution is -2.29. The van der Waals surface area contributed by atoms with Gasteiger partial charge in [0.05, 0.1) is 4.90 Å². The second-order valence-electron chi connectivity index (χ2n) is 6.52. The summed E-state index contributed by atoms with van der Waals surface area (Å²) in [6.07, 6.45) is 1.15. The molecule has 0 bridgehead atoms. The number of carbonyl (C=O) groups is 1. The van der Waals surface area contributed by atoms with E-state index in [4.69, 9.17) is 5.73 Å². The van der Waals surface area contributed by atoms with Gasteiger partial charge >= 0.3 is 0 Å². The quantitative estimate of drug-likeness (QED) is 0.905. The van der Waals surface area contributed by atoms with Crippen LogP contribution < -0.4 is 5.73 Å². The Morgan fingerprint density at radius 2 is 1.72 bits per heavy atom. The van der Waals surface area contributed by atoms with Crippen LogP contribution in [-0.4, -0.2) is 45.1 Å². The summed E-state index contributed by atoms with van der Waals surface area (Å²) in [7, 11) is -3.26. The second kappa shape index (κ2) is 6.98. The van der Waals surface area contributed by atoms with E-state index in [0.717, 1.165) is 6.26 Å². The lowest BCUT2D eigenvalue weighted by Gasteiger charge is -2.17. The van der Waals surface area contributed by atoms with E-state index < -0.39 is 9.84 Å². The predicted molar refractivity (Wildman–Crippen MR) is 97.2 cm³/mol. The molecule has 0 unspecified atom stereocenters. The molecule has 2 aromatic carbocycles. The van der Waals surface area contributed by atoms with Crippen LogP contribution in [0.25, 0.3) is 0 Å². The Kier molecular flexibility index (Phi) is 4.92. The zero-order valence-corrected chi connectivity index (χ0v) is 14.9. The van der Waals surface area contributed by atoms with Crippen molar-refractivity contribution in [3.63, 3.8) is 0 Å². The molecule has 1 amide bonds. The van der Waals surface area contributed by atoms with Gasteiger partial charge in [-0.05, 0) is 42.3 Å². The standard InChI is InChI=1S/C19H22N2O3S/c1-25(23,24)17-9-7-15(8-10-17)19(22)21-12-16(11-20)18(13-21)14-5-3-2-4-6-14/h2-10,16,18H,11-13,20H2,1H3/t16-,18+/m1/s1. The topological polar surface area (TPSA) is 80.5 Å². The fourth-order valence-corrected chi connectivity index (χ4v) is 4.01. The van der Waals surface area contributed by atoms with Crippen LogP contribution in [0.4, 0.5) is 0 Å². The number of carbonyl (C=O) groups excluding carboxylic acids is 1. The van der Waals surface area contributed by atoms with Gasteiger partial charge in [-0.3, -0.25) is 4.79 Å². The summed E-state index contributed by atoms with van der Waals surface area (Å²) in [5, 5.41) is 0.